The van der Waals surface area contributed by atoms with E-state index in [-0.39, 0.29) is 24.0 Å². The third kappa shape index (κ3) is 4.44. The van der Waals surface area contributed by atoms with Crippen LogP contribution in [0.4, 0.5) is 0 Å². The van der Waals surface area contributed by atoms with Crippen LogP contribution < -0.4 is 0 Å². The van der Waals surface area contributed by atoms with Crippen molar-refractivity contribution in [2.24, 2.45) is 0 Å². The number of nitrogens with zero attached hydrogens (tertiary/aromatic N) is 1. The Labute approximate surface area is 129 Å². The van der Waals surface area contributed by atoms with Crippen molar-refractivity contribution < 1.29 is 19.1 Å². The lowest BCUT2D eigenvalue weighted by molar-refractivity contribution is -0.134. The van der Waals surface area contributed by atoms with Gasteiger partial charge in [0.25, 0.3) is 5.91 Å². The Hall–Kier alpha value is -2.11. The number of carbonyl (C=O) groups excluding carboxylic acids is 3. The SMILES string of the molecule is CC(=O)c1c[nH]c(C(=O)OCC(=O)N2CCCCCCC2)c1. The number of carbonyl (C=O) groups is 3. The Balaban J connectivity index is 1.83. The van der Waals surface area contributed by atoms with Crippen LogP contribution in [-0.2, 0) is 9.53 Å². The van der Waals surface area contributed by atoms with Crippen molar-refractivity contribution in [3.05, 3.63) is 23.5 Å². The van der Waals surface area contributed by atoms with E-state index >= 15 is 0 Å². The van der Waals surface area contributed by atoms with E-state index < -0.39 is 5.97 Å². The highest BCUT2D eigenvalue weighted by atomic mass is 16.5. The number of nitrogens with one attached hydrogen (secondary N) is 1. The molecule has 1 N–H and O–H groups in total. The van der Waals surface area contributed by atoms with Crippen LogP contribution in [0.3, 0.4) is 0 Å². The predicted octanol–water partition coefficient (Wildman–Crippen LogP) is 2.17. The summed E-state index contributed by atoms with van der Waals surface area (Å²) in [5, 5.41) is 0. The first-order valence-corrected chi connectivity index (χ1v) is 7.72. The first kappa shape index (κ1) is 16.3. The van der Waals surface area contributed by atoms with Crippen LogP contribution in [0.15, 0.2) is 12.3 Å². The van der Waals surface area contributed by atoms with Crippen LogP contribution in [0.5, 0.6) is 0 Å². The Morgan fingerprint density at radius 2 is 1.77 bits per heavy atom. The molecule has 1 aromatic heterocycles. The molecular weight excluding hydrogens is 284 g/mol. The standard InChI is InChI=1S/C16H22N2O4/c1-12(19)13-9-14(17-10-13)16(21)22-11-15(20)18-7-5-3-2-4-6-8-18/h9-10,17H,2-8,11H2,1H3. The van der Waals surface area contributed by atoms with Gasteiger partial charge in [0.15, 0.2) is 12.4 Å². The van der Waals surface area contributed by atoms with E-state index in [4.69, 9.17) is 4.74 Å². The molecule has 0 spiro atoms. The van der Waals surface area contributed by atoms with E-state index in [9.17, 15) is 14.4 Å². The molecule has 6 heteroatoms. The largest absolute Gasteiger partial charge is 0.451 e. The van der Waals surface area contributed by atoms with Gasteiger partial charge in [0.2, 0.25) is 0 Å². The first-order valence-electron chi connectivity index (χ1n) is 7.72. The number of esters is 1. The zero-order chi connectivity index (χ0) is 15.9. The third-order valence-electron chi connectivity index (χ3n) is 3.84. The van der Waals surface area contributed by atoms with Crippen LogP contribution in [0.1, 0.15) is 59.9 Å². The lowest BCUT2D eigenvalue weighted by Gasteiger charge is -2.24. The molecule has 0 unspecified atom stereocenters. The molecule has 1 saturated heterocycles. The maximum Gasteiger partial charge on any atom is 0.355 e. The van der Waals surface area contributed by atoms with Crippen LogP contribution in [0, 0.1) is 0 Å². The molecular formula is C16H22N2O4. The molecule has 1 aliphatic heterocycles. The molecule has 1 fully saturated rings. The number of hydrogen-bond acceptors (Lipinski definition) is 4. The molecule has 2 rings (SSSR count). The van der Waals surface area contributed by atoms with Crippen molar-refractivity contribution in [3.8, 4) is 0 Å². The summed E-state index contributed by atoms with van der Waals surface area (Å²) in [5.41, 5.74) is 0.604. The molecule has 120 valence electrons. The lowest BCUT2D eigenvalue weighted by atomic mass is 10.1. The Morgan fingerprint density at radius 1 is 1.14 bits per heavy atom. The van der Waals surface area contributed by atoms with E-state index in [2.05, 4.69) is 4.98 Å². The maximum absolute atomic E-state index is 12.1. The quantitative estimate of drug-likeness (QED) is 0.683. The van der Waals surface area contributed by atoms with Crippen molar-refractivity contribution in [3.63, 3.8) is 0 Å². The van der Waals surface area contributed by atoms with Gasteiger partial charge in [-0.05, 0) is 25.8 Å². The molecule has 0 aliphatic carbocycles. The van der Waals surface area contributed by atoms with E-state index in [1.54, 1.807) is 4.90 Å². The normalized spacial score (nSPS) is 15.8. The highest BCUT2D eigenvalue weighted by Gasteiger charge is 2.18. The van der Waals surface area contributed by atoms with Gasteiger partial charge in [0.1, 0.15) is 5.69 Å². The second kappa shape index (κ2) is 7.77. The van der Waals surface area contributed by atoms with Crippen LogP contribution in [0.2, 0.25) is 0 Å². The number of hydrogen-bond donors (Lipinski definition) is 1. The number of aromatic nitrogens is 1. The average molecular weight is 306 g/mol. The van der Waals surface area contributed by atoms with Crippen molar-refractivity contribution in [1.82, 2.24) is 9.88 Å². The number of aromatic amines is 1. The predicted molar refractivity (Wildman–Crippen MR) is 80.7 cm³/mol. The Morgan fingerprint density at radius 3 is 2.36 bits per heavy atom. The topological polar surface area (TPSA) is 79.5 Å². The van der Waals surface area contributed by atoms with Crippen LogP contribution in [0.25, 0.3) is 0 Å². The highest BCUT2D eigenvalue weighted by molar-refractivity contribution is 5.97. The Kier molecular flexibility index (Phi) is 5.75. The number of Topliss-reactive ketones (excluding diaryl/α,β-unsaturated/α-hetero) is 1. The highest BCUT2D eigenvalue weighted by Crippen LogP contribution is 2.11. The lowest BCUT2D eigenvalue weighted by Crippen LogP contribution is -2.36. The van der Waals surface area contributed by atoms with Gasteiger partial charge in [-0.1, -0.05) is 19.3 Å². The summed E-state index contributed by atoms with van der Waals surface area (Å²) >= 11 is 0. The summed E-state index contributed by atoms with van der Waals surface area (Å²) in [6.07, 6.45) is 6.96. The van der Waals surface area contributed by atoms with Crippen molar-refractivity contribution >= 4 is 17.7 Å². The minimum Gasteiger partial charge on any atom is -0.451 e. The number of amides is 1. The van der Waals surface area contributed by atoms with Gasteiger partial charge in [-0.25, -0.2) is 4.79 Å². The monoisotopic (exact) mass is 306 g/mol. The van der Waals surface area contributed by atoms with Crippen LogP contribution >= 0.6 is 0 Å². The summed E-state index contributed by atoms with van der Waals surface area (Å²) < 4.78 is 5.04. The Bertz CT molecular complexity index is 542. The summed E-state index contributed by atoms with van der Waals surface area (Å²) in [4.78, 5) is 39.6. The number of ketones is 1. The second-order valence-electron chi connectivity index (χ2n) is 5.58. The fourth-order valence-electron chi connectivity index (χ4n) is 2.51. The smallest absolute Gasteiger partial charge is 0.355 e. The summed E-state index contributed by atoms with van der Waals surface area (Å²) in [7, 11) is 0. The number of ether oxygens (including phenoxy) is 1. The average Bonchev–Trinajstić information content (AvgIpc) is 2.94. The summed E-state index contributed by atoms with van der Waals surface area (Å²) in [6.45, 7) is 2.62. The zero-order valence-electron chi connectivity index (χ0n) is 12.9. The van der Waals surface area contributed by atoms with E-state index in [0.717, 1.165) is 38.8 Å². The molecule has 1 aliphatic rings. The molecule has 0 aromatic carbocycles. The number of H-pyrrole nitrogens is 1. The maximum atomic E-state index is 12.1. The minimum atomic E-state index is -0.618. The number of likely N-dealkylation sites (tertiary alicyclic amines) is 1. The van der Waals surface area contributed by atoms with Gasteiger partial charge in [-0.3, -0.25) is 9.59 Å². The molecule has 1 amide bonds. The van der Waals surface area contributed by atoms with Gasteiger partial charge < -0.3 is 14.6 Å². The first-order chi connectivity index (χ1) is 10.6. The van der Waals surface area contributed by atoms with E-state index in [1.807, 2.05) is 0 Å². The van der Waals surface area contributed by atoms with Crippen molar-refractivity contribution in [2.45, 2.75) is 39.0 Å². The second-order valence-corrected chi connectivity index (χ2v) is 5.58. The molecule has 0 bridgehead atoms. The molecule has 0 saturated carbocycles. The van der Waals surface area contributed by atoms with Gasteiger partial charge in [-0.15, -0.1) is 0 Å². The fourth-order valence-corrected chi connectivity index (χ4v) is 2.51. The fraction of sp³-hybridized carbons (Fsp3) is 0.562. The molecule has 6 nitrogen and oxygen atoms in total. The van der Waals surface area contributed by atoms with E-state index in [0.29, 0.717) is 5.56 Å². The van der Waals surface area contributed by atoms with Crippen molar-refractivity contribution in [2.75, 3.05) is 19.7 Å². The van der Waals surface area contributed by atoms with Gasteiger partial charge in [-0.2, -0.15) is 0 Å². The minimum absolute atomic E-state index is 0.132. The summed E-state index contributed by atoms with van der Waals surface area (Å²) in [6, 6.07) is 1.44. The van der Waals surface area contributed by atoms with Gasteiger partial charge in [0, 0.05) is 24.8 Å². The van der Waals surface area contributed by atoms with Crippen LogP contribution in [-0.4, -0.2) is 47.2 Å². The molecule has 0 atom stereocenters. The molecule has 2 heterocycles. The molecule has 1 aromatic rings. The third-order valence-corrected chi connectivity index (χ3v) is 3.84. The van der Waals surface area contributed by atoms with Gasteiger partial charge >= 0.3 is 5.97 Å². The molecule has 0 radical (unpaired) electrons. The zero-order valence-corrected chi connectivity index (χ0v) is 12.9. The van der Waals surface area contributed by atoms with Crippen molar-refractivity contribution in [1.29, 1.82) is 0 Å². The van der Waals surface area contributed by atoms with Gasteiger partial charge in [0.05, 0.1) is 0 Å². The summed E-state index contributed by atoms with van der Waals surface area (Å²) in [5.74, 6) is -0.909. The number of rotatable bonds is 4. The molecule has 22 heavy (non-hydrogen) atoms. The van der Waals surface area contributed by atoms with E-state index in [1.165, 1.54) is 25.6 Å².